The second-order valence-corrected chi connectivity index (χ2v) is 5.31. The van der Waals surface area contributed by atoms with Crippen LogP contribution in [0.4, 0.5) is 5.82 Å². The Bertz CT molecular complexity index is 451. The van der Waals surface area contributed by atoms with Gasteiger partial charge in [-0.05, 0) is 13.8 Å². The van der Waals surface area contributed by atoms with Crippen molar-refractivity contribution in [3.8, 4) is 0 Å². The number of hydrogen-bond donors (Lipinski definition) is 3. The van der Waals surface area contributed by atoms with E-state index in [1.54, 1.807) is 20.9 Å². The van der Waals surface area contributed by atoms with Crippen LogP contribution in [0.25, 0.3) is 0 Å². The highest BCUT2D eigenvalue weighted by atomic mass is 32.2. The third-order valence-electron chi connectivity index (χ3n) is 1.91. The Kier molecular flexibility index (Phi) is 3.89. The SMILES string of the molecule is CC(C)NS(=O)(=O)NCc1cnn(C)c1N. The molecule has 0 spiro atoms. The second kappa shape index (κ2) is 4.81. The van der Waals surface area contributed by atoms with Gasteiger partial charge in [-0.2, -0.15) is 23.0 Å². The van der Waals surface area contributed by atoms with Crippen LogP contribution in [-0.2, 0) is 23.8 Å². The van der Waals surface area contributed by atoms with Crippen LogP contribution >= 0.6 is 0 Å². The van der Waals surface area contributed by atoms with Crippen LogP contribution < -0.4 is 15.2 Å². The first kappa shape index (κ1) is 12.9. The second-order valence-electron chi connectivity index (χ2n) is 3.78. The zero-order chi connectivity index (χ0) is 12.3. The first-order valence-electron chi connectivity index (χ1n) is 4.85. The lowest BCUT2D eigenvalue weighted by Crippen LogP contribution is -2.39. The van der Waals surface area contributed by atoms with Crippen LogP contribution in [-0.4, -0.2) is 24.2 Å². The number of nitrogens with zero attached hydrogens (tertiary/aromatic N) is 2. The van der Waals surface area contributed by atoms with Crippen LogP contribution in [0.2, 0.25) is 0 Å². The summed E-state index contributed by atoms with van der Waals surface area (Å²) in [5.74, 6) is 0.451. The van der Waals surface area contributed by atoms with Crippen molar-refractivity contribution in [2.75, 3.05) is 5.73 Å². The third-order valence-corrected chi connectivity index (χ3v) is 3.21. The largest absolute Gasteiger partial charge is 0.384 e. The maximum absolute atomic E-state index is 11.4. The summed E-state index contributed by atoms with van der Waals surface area (Å²) in [7, 11) is -1.78. The molecule has 0 unspecified atom stereocenters. The predicted molar refractivity (Wildman–Crippen MR) is 61.7 cm³/mol. The van der Waals surface area contributed by atoms with Crippen molar-refractivity contribution in [2.24, 2.45) is 7.05 Å². The molecule has 92 valence electrons. The minimum absolute atomic E-state index is 0.127. The molecule has 1 aromatic heterocycles. The van der Waals surface area contributed by atoms with Crippen molar-refractivity contribution in [1.29, 1.82) is 0 Å². The Morgan fingerprint density at radius 1 is 1.56 bits per heavy atom. The highest BCUT2D eigenvalue weighted by Gasteiger charge is 2.12. The fraction of sp³-hybridized carbons (Fsp3) is 0.625. The Labute approximate surface area is 95.2 Å². The maximum Gasteiger partial charge on any atom is 0.277 e. The standard InChI is InChI=1S/C8H17N5O2S/c1-6(2)12-16(14,15)11-5-7-4-10-13(3)8(7)9/h4,6,11-12H,5,9H2,1-3H3. The molecule has 0 aliphatic carbocycles. The minimum atomic E-state index is -3.48. The maximum atomic E-state index is 11.4. The molecular weight excluding hydrogens is 230 g/mol. The number of aryl methyl sites for hydroxylation is 1. The average molecular weight is 247 g/mol. The van der Waals surface area contributed by atoms with E-state index in [2.05, 4.69) is 14.5 Å². The highest BCUT2D eigenvalue weighted by molar-refractivity contribution is 7.87. The van der Waals surface area contributed by atoms with Crippen LogP contribution in [0.1, 0.15) is 19.4 Å². The van der Waals surface area contributed by atoms with E-state index < -0.39 is 10.2 Å². The molecule has 0 aliphatic rings. The molecule has 1 heterocycles. The molecule has 4 N–H and O–H groups in total. The Balaban J connectivity index is 2.61. The lowest BCUT2D eigenvalue weighted by atomic mass is 10.3. The molecule has 8 heteroatoms. The van der Waals surface area contributed by atoms with Crippen molar-refractivity contribution in [3.63, 3.8) is 0 Å². The quantitative estimate of drug-likeness (QED) is 0.642. The van der Waals surface area contributed by atoms with Crippen molar-refractivity contribution >= 4 is 16.0 Å². The zero-order valence-corrected chi connectivity index (χ0v) is 10.4. The van der Waals surface area contributed by atoms with Gasteiger partial charge in [0.1, 0.15) is 5.82 Å². The molecule has 0 aliphatic heterocycles. The number of nitrogen functional groups attached to an aromatic ring is 1. The summed E-state index contributed by atoms with van der Waals surface area (Å²) < 4.78 is 29.2. The van der Waals surface area contributed by atoms with Crippen LogP contribution in [0, 0.1) is 0 Å². The van der Waals surface area contributed by atoms with Crippen LogP contribution in [0.3, 0.4) is 0 Å². The predicted octanol–water partition coefficient (Wildman–Crippen LogP) is -0.665. The molecule has 1 rings (SSSR count). The van der Waals surface area contributed by atoms with Crippen LogP contribution in [0.5, 0.6) is 0 Å². The summed E-state index contributed by atoms with van der Waals surface area (Å²) in [4.78, 5) is 0. The lowest BCUT2D eigenvalue weighted by molar-refractivity contribution is 0.555. The van der Waals surface area contributed by atoms with E-state index in [-0.39, 0.29) is 12.6 Å². The van der Waals surface area contributed by atoms with E-state index >= 15 is 0 Å². The van der Waals surface area contributed by atoms with Gasteiger partial charge in [-0.25, -0.2) is 0 Å². The van der Waals surface area contributed by atoms with E-state index in [0.717, 1.165) is 0 Å². The molecule has 0 saturated carbocycles. The number of nitrogens with one attached hydrogen (secondary N) is 2. The molecule has 0 fully saturated rings. The van der Waals surface area contributed by atoms with Gasteiger partial charge in [0, 0.05) is 25.2 Å². The average Bonchev–Trinajstić information content (AvgIpc) is 2.43. The first-order chi connectivity index (χ1) is 7.32. The number of rotatable bonds is 5. The fourth-order valence-electron chi connectivity index (χ4n) is 1.15. The van der Waals surface area contributed by atoms with Gasteiger partial charge < -0.3 is 5.73 Å². The Morgan fingerprint density at radius 2 is 2.19 bits per heavy atom. The molecular formula is C8H17N5O2S. The Hall–Kier alpha value is -1.12. The van der Waals surface area contributed by atoms with Gasteiger partial charge in [-0.3, -0.25) is 4.68 Å². The summed E-state index contributed by atoms with van der Waals surface area (Å²) in [6, 6.07) is -0.149. The van der Waals surface area contributed by atoms with Gasteiger partial charge in [-0.15, -0.1) is 0 Å². The van der Waals surface area contributed by atoms with E-state index in [9.17, 15) is 8.42 Å². The van der Waals surface area contributed by atoms with Gasteiger partial charge in [-0.1, -0.05) is 0 Å². The molecule has 0 atom stereocenters. The van der Waals surface area contributed by atoms with Crippen molar-refractivity contribution in [2.45, 2.75) is 26.4 Å². The number of aromatic nitrogens is 2. The summed E-state index contributed by atoms with van der Waals surface area (Å²) in [5.41, 5.74) is 6.33. The molecule has 0 aromatic carbocycles. The molecule has 7 nitrogen and oxygen atoms in total. The zero-order valence-electron chi connectivity index (χ0n) is 9.56. The summed E-state index contributed by atoms with van der Waals surface area (Å²) >= 11 is 0. The first-order valence-corrected chi connectivity index (χ1v) is 6.33. The minimum Gasteiger partial charge on any atom is -0.384 e. The number of hydrogen-bond acceptors (Lipinski definition) is 4. The molecule has 0 radical (unpaired) electrons. The summed E-state index contributed by atoms with van der Waals surface area (Å²) in [5, 5.41) is 3.91. The van der Waals surface area contributed by atoms with Crippen molar-refractivity contribution in [3.05, 3.63) is 11.8 Å². The normalized spacial score (nSPS) is 12.2. The molecule has 0 saturated heterocycles. The smallest absolute Gasteiger partial charge is 0.277 e. The highest BCUT2D eigenvalue weighted by Crippen LogP contribution is 2.08. The lowest BCUT2D eigenvalue weighted by Gasteiger charge is -2.10. The molecule has 1 aromatic rings. The number of nitrogens with two attached hydrogens (primary N) is 1. The van der Waals surface area contributed by atoms with Crippen molar-refractivity contribution < 1.29 is 8.42 Å². The van der Waals surface area contributed by atoms with E-state index in [1.165, 1.54) is 10.9 Å². The van der Waals surface area contributed by atoms with E-state index in [4.69, 9.17) is 5.73 Å². The summed E-state index contributed by atoms with van der Waals surface area (Å²) in [6.45, 7) is 3.62. The summed E-state index contributed by atoms with van der Waals surface area (Å²) in [6.07, 6.45) is 1.53. The molecule has 0 amide bonds. The number of anilines is 1. The van der Waals surface area contributed by atoms with Crippen molar-refractivity contribution in [1.82, 2.24) is 19.2 Å². The van der Waals surface area contributed by atoms with Gasteiger partial charge >= 0.3 is 0 Å². The third kappa shape index (κ3) is 3.47. The molecule has 16 heavy (non-hydrogen) atoms. The Morgan fingerprint density at radius 3 is 2.62 bits per heavy atom. The van der Waals surface area contributed by atoms with E-state index in [1.807, 2.05) is 0 Å². The van der Waals surface area contributed by atoms with Gasteiger partial charge in [0.25, 0.3) is 10.2 Å². The topological polar surface area (TPSA) is 102 Å². The van der Waals surface area contributed by atoms with Gasteiger partial charge in [0.05, 0.1) is 6.20 Å². The van der Waals surface area contributed by atoms with Crippen LogP contribution in [0.15, 0.2) is 6.20 Å². The van der Waals surface area contributed by atoms with Gasteiger partial charge in [0.15, 0.2) is 0 Å². The monoisotopic (exact) mass is 247 g/mol. The van der Waals surface area contributed by atoms with Gasteiger partial charge in [0.2, 0.25) is 0 Å². The van der Waals surface area contributed by atoms with E-state index in [0.29, 0.717) is 11.4 Å². The fourth-order valence-corrected chi connectivity index (χ4v) is 2.20. The molecule has 0 bridgehead atoms.